The van der Waals surface area contributed by atoms with E-state index in [1.807, 2.05) is 0 Å². The average Bonchev–Trinajstić information content (AvgIpc) is 2.54. The van der Waals surface area contributed by atoms with Gasteiger partial charge in [0.1, 0.15) is 15.4 Å². The van der Waals surface area contributed by atoms with Crippen LogP contribution in [0.4, 0.5) is 4.79 Å². The van der Waals surface area contributed by atoms with E-state index in [2.05, 4.69) is 10.1 Å². The minimum atomic E-state index is -3.09. The molecule has 0 aliphatic carbocycles. The average molecular weight is 349 g/mol. The third kappa shape index (κ3) is 7.67. The van der Waals surface area contributed by atoms with Crippen LogP contribution in [0.2, 0.25) is 0 Å². The molecule has 0 bridgehead atoms. The molecule has 1 N–H and O–H groups in total. The molecule has 1 aliphatic heterocycles. The number of methoxy groups -OCH3 is 1. The molecule has 0 radical (unpaired) electrons. The molecule has 0 saturated carbocycles. The highest BCUT2D eigenvalue weighted by Gasteiger charge is 2.31. The van der Waals surface area contributed by atoms with Crippen molar-refractivity contribution in [3.63, 3.8) is 0 Å². The molecule has 1 fully saturated rings. The largest absolute Gasteiger partial charge is 0.469 e. The Morgan fingerprint density at radius 1 is 1.13 bits per heavy atom. The normalized spacial score (nSPS) is 24.3. The van der Waals surface area contributed by atoms with Crippen molar-refractivity contribution in [2.24, 2.45) is 11.8 Å². The lowest BCUT2D eigenvalue weighted by Crippen LogP contribution is -2.37. The highest BCUT2D eigenvalue weighted by atomic mass is 32.2. The summed E-state index contributed by atoms with van der Waals surface area (Å²) in [5, 5.41) is 2.68. The molecule has 134 valence electrons. The highest BCUT2D eigenvalue weighted by Crippen LogP contribution is 2.28. The first-order valence-electron chi connectivity index (χ1n) is 7.76. The van der Waals surface area contributed by atoms with Gasteiger partial charge in [0.15, 0.2) is 0 Å². The molecule has 1 heterocycles. The number of rotatable bonds is 4. The summed E-state index contributed by atoms with van der Waals surface area (Å²) in [7, 11) is -1.78. The van der Waals surface area contributed by atoms with E-state index in [-0.39, 0.29) is 42.3 Å². The standard InChI is InChI=1S/C15H27NO6S/c1-15(2,3)22-14(18)16-10-12-6-8-23(19,20)7-5-11(12)9-13(17)21-4/h11-12H,5-10H2,1-4H3,(H,16,18). The van der Waals surface area contributed by atoms with Gasteiger partial charge in [-0.05, 0) is 45.4 Å². The predicted octanol–water partition coefficient (Wildman–Crippen LogP) is 1.52. The Morgan fingerprint density at radius 3 is 2.22 bits per heavy atom. The molecule has 1 rings (SSSR count). The Labute approximate surface area is 138 Å². The molecule has 2 unspecified atom stereocenters. The molecule has 1 amide bonds. The zero-order valence-electron chi connectivity index (χ0n) is 14.3. The van der Waals surface area contributed by atoms with Crippen LogP contribution in [0.25, 0.3) is 0 Å². The Bertz CT molecular complexity index is 523. The fourth-order valence-electron chi connectivity index (χ4n) is 2.60. The maximum absolute atomic E-state index is 11.8. The summed E-state index contributed by atoms with van der Waals surface area (Å²) in [6.45, 7) is 5.59. The molecule has 1 saturated heterocycles. The van der Waals surface area contributed by atoms with Crippen LogP contribution in [0.1, 0.15) is 40.0 Å². The van der Waals surface area contributed by atoms with Crippen molar-refractivity contribution < 1.29 is 27.5 Å². The number of carbonyl (C=O) groups excluding carboxylic acids is 2. The second-order valence-electron chi connectivity index (χ2n) is 6.91. The zero-order valence-corrected chi connectivity index (χ0v) is 15.1. The molecular weight excluding hydrogens is 322 g/mol. The zero-order chi connectivity index (χ0) is 17.7. The van der Waals surface area contributed by atoms with Gasteiger partial charge in [-0.1, -0.05) is 0 Å². The lowest BCUT2D eigenvalue weighted by atomic mass is 9.85. The van der Waals surface area contributed by atoms with E-state index in [1.165, 1.54) is 7.11 Å². The molecule has 0 spiro atoms. The number of sulfone groups is 1. The first-order valence-corrected chi connectivity index (χ1v) is 9.58. The molecule has 0 aromatic carbocycles. The number of hydrogen-bond donors (Lipinski definition) is 1. The first-order chi connectivity index (χ1) is 10.5. The van der Waals surface area contributed by atoms with Gasteiger partial charge in [0, 0.05) is 13.0 Å². The smallest absolute Gasteiger partial charge is 0.407 e. The van der Waals surface area contributed by atoms with Gasteiger partial charge in [0.25, 0.3) is 0 Å². The number of nitrogens with one attached hydrogen (secondary N) is 1. The van der Waals surface area contributed by atoms with Crippen LogP contribution in [0.3, 0.4) is 0 Å². The molecular formula is C15H27NO6S. The number of ether oxygens (including phenoxy) is 2. The monoisotopic (exact) mass is 349 g/mol. The minimum Gasteiger partial charge on any atom is -0.469 e. The second-order valence-corrected chi connectivity index (χ2v) is 9.22. The summed E-state index contributed by atoms with van der Waals surface area (Å²) >= 11 is 0. The number of alkyl carbamates (subject to hydrolysis) is 1. The van der Waals surface area contributed by atoms with Crippen LogP contribution in [0.5, 0.6) is 0 Å². The quantitative estimate of drug-likeness (QED) is 0.773. The molecule has 8 heteroatoms. The van der Waals surface area contributed by atoms with Gasteiger partial charge in [-0.3, -0.25) is 4.79 Å². The van der Waals surface area contributed by atoms with Crippen molar-refractivity contribution in [2.75, 3.05) is 25.2 Å². The van der Waals surface area contributed by atoms with Gasteiger partial charge < -0.3 is 14.8 Å². The van der Waals surface area contributed by atoms with Crippen LogP contribution in [0, 0.1) is 11.8 Å². The maximum atomic E-state index is 11.8. The lowest BCUT2D eigenvalue weighted by Gasteiger charge is -2.25. The molecule has 2 atom stereocenters. The number of amides is 1. The van der Waals surface area contributed by atoms with E-state index in [9.17, 15) is 18.0 Å². The predicted molar refractivity (Wildman–Crippen MR) is 85.7 cm³/mol. The Balaban J connectivity index is 2.69. The van der Waals surface area contributed by atoms with Crippen molar-refractivity contribution >= 4 is 21.9 Å². The van der Waals surface area contributed by atoms with Crippen LogP contribution < -0.4 is 5.32 Å². The highest BCUT2D eigenvalue weighted by molar-refractivity contribution is 7.91. The molecule has 0 aromatic heterocycles. The van der Waals surface area contributed by atoms with Gasteiger partial charge in [-0.2, -0.15) is 0 Å². The third-order valence-electron chi connectivity index (χ3n) is 3.83. The SMILES string of the molecule is COC(=O)CC1CCS(=O)(=O)CCC1CNC(=O)OC(C)(C)C. The van der Waals surface area contributed by atoms with Gasteiger partial charge in [-0.25, -0.2) is 13.2 Å². The van der Waals surface area contributed by atoms with Crippen molar-refractivity contribution in [3.8, 4) is 0 Å². The maximum Gasteiger partial charge on any atom is 0.407 e. The van der Waals surface area contributed by atoms with Crippen LogP contribution in [0.15, 0.2) is 0 Å². The summed E-state index contributed by atoms with van der Waals surface area (Å²) in [5.41, 5.74) is -0.595. The van der Waals surface area contributed by atoms with Crippen LogP contribution in [-0.2, 0) is 24.1 Å². The number of carbonyl (C=O) groups is 2. The minimum absolute atomic E-state index is 0.0671. The van der Waals surface area contributed by atoms with E-state index in [4.69, 9.17) is 4.74 Å². The van der Waals surface area contributed by atoms with Gasteiger partial charge in [0.05, 0.1) is 18.6 Å². The topological polar surface area (TPSA) is 98.8 Å². The van der Waals surface area contributed by atoms with E-state index in [0.29, 0.717) is 12.8 Å². The van der Waals surface area contributed by atoms with E-state index < -0.39 is 21.5 Å². The van der Waals surface area contributed by atoms with Crippen molar-refractivity contribution in [3.05, 3.63) is 0 Å². The van der Waals surface area contributed by atoms with Gasteiger partial charge in [0.2, 0.25) is 0 Å². The van der Waals surface area contributed by atoms with Crippen LogP contribution in [-0.4, -0.2) is 51.2 Å². The van der Waals surface area contributed by atoms with Crippen molar-refractivity contribution in [1.29, 1.82) is 0 Å². The first kappa shape index (κ1) is 19.7. The Hall–Kier alpha value is -1.31. The number of esters is 1. The van der Waals surface area contributed by atoms with E-state index in [1.54, 1.807) is 20.8 Å². The van der Waals surface area contributed by atoms with Crippen molar-refractivity contribution in [1.82, 2.24) is 5.32 Å². The second kappa shape index (κ2) is 7.99. The van der Waals surface area contributed by atoms with Gasteiger partial charge in [-0.15, -0.1) is 0 Å². The summed E-state index contributed by atoms with van der Waals surface area (Å²) < 4.78 is 33.5. The third-order valence-corrected chi connectivity index (χ3v) is 5.55. The summed E-state index contributed by atoms with van der Waals surface area (Å²) in [6.07, 6.45) is 0.436. The van der Waals surface area contributed by atoms with Crippen molar-refractivity contribution in [2.45, 2.75) is 45.6 Å². The summed E-state index contributed by atoms with van der Waals surface area (Å²) in [4.78, 5) is 23.3. The Morgan fingerprint density at radius 2 is 1.70 bits per heavy atom. The fourth-order valence-corrected chi connectivity index (χ4v) is 4.13. The molecule has 23 heavy (non-hydrogen) atoms. The molecule has 7 nitrogen and oxygen atoms in total. The lowest BCUT2D eigenvalue weighted by molar-refractivity contribution is -0.142. The summed E-state index contributed by atoms with van der Waals surface area (Å²) in [6, 6.07) is 0. The Kier molecular flexibility index (Phi) is 6.85. The van der Waals surface area contributed by atoms with Gasteiger partial charge >= 0.3 is 12.1 Å². The van der Waals surface area contributed by atoms with E-state index >= 15 is 0 Å². The molecule has 0 aromatic rings. The van der Waals surface area contributed by atoms with Crippen LogP contribution >= 0.6 is 0 Å². The summed E-state index contributed by atoms with van der Waals surface area (Å²) in [5.74, 6) is -0.451. The molecule has 1 aliphatic rings. The fraction of sp³-hybridized carbons (Fsp3) is 0.867. The van der Waals surface area contributed by atoms with E-state index in [0.717, 1.165) is 0 Å². The number of hydrogen-bond acceptors (Lipinski definition) is 6.